The van der Waals surface area contributed by atoms with Crippen molar-refractivity contribution in [2.45, 2.75) is 162 Å². The van der Waals surface area contributed by atoms with Crippen LogP contribution in [0.5, 0.6) is 0 Å². The SMILES string of the molecule is CCCCCCCCCCCCCCCCCCCC(OP(O)O)c1cc(C)ccc1C(C)(C)C. The van der Waals surface area contributed by atoms with Crippen molar-refractivity contribution in [3.8, 4) is 0 Å². The quantitative estimate of drug-likeness (QED) is 0.128. The summed E-state index contributed by atoms with van der Waals surface area (Å²) in [5, 5.41) is 0. The first kappa shape index (κ1) is 32.6. The van der Waals surface area contributed by atoms with Gasteiger partial charge in [-0.15, -0.1) is 0 Å². The summed E-state index contributed by atoms with van der Waals surface area (Å²) in [4.78, 5) is 19.2. The van der Waals surface area contributed by atoms with Crippen molar-refractivity contribution < 1.29 is 14.3 Å². The molecule has 0 aromatic heterocycles. The smallest absolute Gasteiger partial charge is 0.327 e. The van der Waals surface area contributed by atoms with Gasteiger partial charge >= 0.3 is 8.60 Å². The normalized spacial score (nSPS) is 13.0. The zero-order valence-electron chi connectivity index (χ0n) is 23.8. The standard InChI is InChI=1S/C31H57O3P/c1-6-7-8-9-10-11-12-13-14-15-16-17-18-19-20-21-22-23-30(34-35(32)33)28-26-27(2)24-25-29(28)31(3,4)5/h24-26,30,32-33H,6-23H2,1-5H3. The summed E-state index contributed by atoms with van der Waals surface area (Å²) in [5.41, 5.74) is 3.53. The van der Waals surface area contributed by atoms with Crippen LogP contribution in [0.2, 0.25) is 0 Å². The largest absolute Gasteiger partial charge is 0.328 e. The van der Waals surface area contributed by atoms with E-state index in [0.717, 1.165) is 18.4 Å². The summed E-state index contributed by atoms with van der Waals surface area (Å²) < 4.78 is 5.63. The number of rotatable bonds is 21. The van der Waals surface area contributed by atoms with Crippen molar-refractivity contribution in [1.29, 1.82) is 0 Å². The fraction of sp³-hybridized carbons (Fsp3) is 0.806. The molecule has 0 saturated carbocycles. The zero-order valence-corrected chi connectivity index (χ0v) is 24.7. The summed E-state index contributed by atoms with van der Waals surface area (Å²) >= 11 is 0. The summed E-state index contributed by atoms with van der Waals surface area (Å²) in [6.07, 6.45) is 23.7. The van der Waals surface area contributed by atoms with Crippen molar-refractivity contribution in [3.63, 3.8) is 0 Å². The summed E-state index contributed by atoms with van der Waals surface area (Å²) in [7, 11) is -2.37. The van der Waals surface area contributed by atoms with Gasteiger partial charge < -0.3 is 14.3 Å². The topological polar surface area (TPSA) is 49.7 Å². The average Bonchev–Trinajstić information content (AvgIpc) is 2.79. The predicted octanol–water partition coefficient (Wildman–Crippen LogP) is 10.6. The van der Waals surface area contributed by atoms with Crippen LogP contribution in [0.25, 0.3) is 0 Å². The fourth-order valence-corrected chi connectivity index (χ4v) is 5.51. The minimum absolute atomic E-state index is 0.00738. The van der Waals surface area contributed by atoms with Crippen molar-refractivity contribution >= 4 is 8.60 Å². The Balaban J connectivity index is 2.17. The summed E-state index contributed by atoms with van der Waals surface area (Å²) in [5.74, 6) is 0. The number of hydrogen-bond donors (Lipinski definition) is 2. The second kappa shape index (κ2) is 19.6. The van der Waals surface area contributed by atoms with Gasteiger partial charge in [0.25, 0.3) is 0 Å². The molecule has 1 aromatic carbocycles. The van der Waals surface area contributed by atoms with Gasteiger partial charge in [0.2, 0.25) is 0 Å². The zero-order chi connectivity index (χ0) is 25.9. The van der Waals surface area contributed by atoms with Gasteiger partial charge in [-0.25, -0.2) is 0 Å². The maximum absolute atomic E-state index is 9.59. The van der Waals surface area contributed by atoms with Crippen LogP contribution in [-0.4, -0.2) is 9.79 Å². The molecule has 0 amide bonds. The molecule has 0 bridgehead atoms. The molecule has 0 fully saturated rings. The monoisotopic (exact) mass is 508 g/mol. The van der Waals surface area contributed by atoms with E-state index in [-0.39, 0.29) is 11.5 Å². The first-order valence-electron chi connectivity index (χ1n) is 14.7. The highest BCUT2D eigenvalue weighted by Gasteiger charge is 2.25. The van der Waals surface area contributed by atoms with Crippen LogP contribution in [0, 0.1) is 6.92 Å². The summed E-state index contributed by atoms with van der Waals surface area (Å²) in [6, 6.07) is 6.47. The molecule has 1 rings (SSSR count). The van der Waals surface area contributed by atoms with E-state index in [9.17, 15) is 9.79 Å². The molecule has 0 spiro atoms. The Morgan fingerprint density at radius 2 is 1.14 bits per heavy atom. The first-order valence-corrected chi connectivity index (χ1v) is 15.9. The molecule has 35 heavy (non-hydrogen) atoms. The van der Waals surface area contributed by atoms with Crippen LogP contribution in [-0.2, 0) is 9.94 Å². The lowest BCUT2D eigenvalue weighted by molar-refractivity contribution is 0.159. The fourth-order valence-electron chi connectivity index (χ4n) is 5.06. The van der Waals surface area contributed by atoms with Crippen LogP contribution in [0.15, 0.2) is 18.2 Å². The Kier molecular flexibility index (Phi) is 18.2. The minimum Gasteiger partial charge on any atom is -0.328 e. The predicted molar refractivity (Wildman–Crippen MR) is 154 cm³/mol. The summed E-state index contributed by atoms with van der Waals surface area (Å²) in [6.45, 7) is 11.0. The average molecular weight is 509 g/mol. The third-order valence-corrected chi connectivity index (χ3v) is 7.60. The maximum atomic E-state index is 9.59. The van der Waals surface area contributed by atoms with Gasteiger partial charge in [-0.05, 0) is 29.9 Å². The lowest BCUT2D eigenvalue weighted by Gasteiger charge is -2.28. The highest BCUT2D eigenvalue weighted by Crippen LogP contribution is 2.41. The Labute approximate surface area is 219 Å². The lowest BCUT2D eigenvalue weighted by atomic mass is 9.81. The second-order valence-corrected chi connectivity index (χ2v) is 12.3. The third kappa shape index (κ3) is 16.1. The molecule has 4 heteroatoms. The molecule has 0 saturated heterocycles. The van der Waals surface area contributed by atoms with E-state index in [1.165, 1.54) is 114 Å². The van der Waals surface area contributed by atoms with Gasteiger partial charge in [0.1, 0.15) is 0 Å². The van der Waals surface area contributed by atoms with E-state index in [0.29, 0.717) is 0 Å². The van der Waals surface area contributed by atoms with E-state index in [1.54, 1.807) is 0 Å². The molecular weight excluding hydrogens is 451 g/mol. The van der Waals surface area contributed by atoms with Gasteiger partial charge in [0.05, 0.1) is 6.10 Å². The van der Waals surface area contributed by atoms with Crippen LogP contribution < -0.4 is 0 Å². The highest BCUT2D eigenvalue weighted by molar-refractivity contribution is 7.39. The number of hydrogen-bond acceptors (Lipinski definition) is 3. The van der Waals surface area contributed by atoms with E-state index in [4.69, 9.17) is 4.52 Å². The molecule has 0 radical (unpaired) electrons. The Hall–Kier alpha value is -0.470. The Morgan fingerprint density at radius 3 is 1.54 bits per heavy atom. The molecule has 1 atom stereocenters. The molecule has 204 valence electrons. The molecule has 0 aliphatic heterocycles. The van der Waals surface area contributed by atoms with Gasteiger partial charge in [0.15, 0.2) is 0 Å². The molecule has 0 aliphatic rings. The maximum Gasteiger partial charge on any atom is 0.327 e. The second-order valence-electron chi connectivity index (χ2n) is 11.6. The van der Waals surface area contributed by atoms with Crippen molar-refractivity contribution in [2.75, 3.05) is 0 Å². The molecule has 1 aromatic rings. The molecular formula is C31H57O3P. The van der Waals surface area contributed by atoms with Crippen LogP contribution >= 0.6 is 8.60 Å². The van der Waals surface area contributed by atoms with Crippen molar-refractivity contribution in [3.05, 3.63) is 34.9 Å². The van der Waals surface area contributed by atoms with Crippen molar-refractivity contribution in [2.24, 2.45) is 0 Å². The van der Waals surface area contributed by atoms with Gasteiger partial charge in [0, 0.05) is 0 Å². The molecule has 1 unspecified atom stereocenters. The minimum atomic E-state index is -2.37. The van der Waals surface area contributed by atoms with E-state index < -0.39 is 8.60 Å². The van der Waals surface area contributed by atoms with Crippen LogP contribution in [0.3, 0.4) is 0 Å². The van der Waals surface area contributed by atoms with E-state index in [1.807, 2.05) is 0 Å². The van der Waals surface area contributed by atoms with Crippen LogP contribution in [0.4, 0.5) is 0 Å². The molecule has 2 N–H and O–H groups in total. The Morgan fingerprint density at radius 1 is 0.714 bits per heavy atom. The Bertz CT molecular complexity index is 639. The van der Waals surface area contributed by atoms with Gasteiger partial charge in [-0.3, -0.25) is 0 Å². The first-order chi connectivity index (χ1) is 16.8. The third-order valence-electron chi connectivity index (χ3n) is 7.15. The van der Waals surface area contributed by atoms with Gasteiger partial charge in [-0.2, -0.15) is 0 Å². The number of unbranched alkanes of at least 4 members (excludes halogenated alkanes) is 16. The number of aryl methyl sites for hydroxylation is 1. The molecule has 0 heterocycles. The van der Waals surface area contributed by atoms with Crippen LogP contribution in [0.1, 0.15) is 166 Å². The van der Waals surface area contributed by atoms with Gasteiger partial charge in [-0.1, -0.05) is 161 Å². The number of benzene rings is 1. The van der Waals surface area contributed by atoms with Crippen molar-refractivity contribution in [1.82, 2.24) is 0 Å². The van der Waals surface area contributed by atoms with E-state index in [2.05, 4.69) is 52.8 Å². The highest BCUT2D eigenvalue weighted by atomic mass is 31.2. The molecule has 0 aliphatic carbocycles. The van der Waals surface area contributed by atoms with E-state index >= 15 is 0 Å². The lowest BCUT2D eigenvalue weighted by Crippen LogP contribution is -2.17. The molecule has 3 nitrogen and oxygen atoms in total.